The number of phenols is 1. The molecule has 0 aliphatic carbocycles. The Morgan fingerprint density at radius 3 is 2.73 bits per heavy atom. The van der Waals surface area contributed by atoms with Crippen molar-refractivity contribution in [1.82, 2.24) is 0 Å². The fourth-order valence-corrected chi connectivity index (χ4v) is 2.19. The van der Waals surface area contributed by atoms with Crippen LogP contribution in [0.3, 0.4) is 0 Å². The number of phenolic OH excluding ortho intramolecular Hbond substituents is 1. The topological polar surface area (TPSA) is 79.5 Å². The third kappa shape index (κ3) is 2.66. The van der Waals surface area contributed by atoms with Gasteiger partial charge in [0.1, 0.15) is 16.9 Å². The van der Waals surface area contributed by atoms with Crippen molar-refractivity contribution < 1.29 is 14.3 Å². The zero-order valence-electron chi connectivity index (χ0n) is 11.2. The van der Waals surface area contributed by atoms with Crippen molar-refractivity contribution in [3.8, 4) is 5.75 Å². The molecular formula is C16H10ClNO4. The SMILES string of the molecule is O=C(Nc1cc(Cl)ccc1O)c1cc2ccccc2oc1=O. The summed E-state index contributed by atoms with van der Waals surface area (Å²) in [5.74, 6) is -0.833. The number of rotatable bonds is 2. The van der Waals surface area contributed by atoms with Gasteiger partial charge in [-0.25, -0.2) is 4.79 Å². The predicted molar refractivity (Wildman–Crippen MR) is 83.6 cm³/mol. The lowest BCUT2D eigenvalue weighted by molar-refractivity contribution is 0.102. The van der Waals surface area contributed by atoms with E-state index in [0.717, 1.165) is 0 Å². The number of aromatic hydroxyl groups is 1. The van der Waals surface area contributed by atoms with Crippen molar-refractivity contribution in [3.05, 3.63) is 69.5 Å². The number of amides is 1. The molecule has 6 heteroatoms. The normalized spacial score (nSPS) is 10.6. The maximum atomic E-state index is 12.2. The van der Waals surface area contributed by atoms with Crippen molar-refractivity contribution in [2.75, 3.05) is 5.32 Å². The number of hydrogen-bond donors (Lipinski definition) is 2. The maximum absolute atomic E-state index is 12.2. The van der Waals surface area contributed by atoms with E-state index >= 15 is 0 Å². The van der Waals surface area contributed by atoms with Gasteiger partial charge in [0.2, 0.25) is 0 Å². The second-order valence-electron chi connectivity index (χ2n) is 4.60. The van der Waals surface area contributed by atoms with Gasteiger partial charge >= 0.3 is 5.63 Å². The number of fused-ring (bicyclic) bond motifs is 1. The van der Waals surface area contributed by atoms with Gasteiger partial charge < -0.3 is 14.8 Å². The molecule has 0 spiro atoms. The smallest absolute Gasteiger partial charge is 0.349 e. The molecule has 0 unspecified atom stereocenters. The zero-order valence-corrected chi connectivity index (χ0v) is 11.9. The van der Waals surface area contributed by atoms with E-state index in [9.17, 15) is 14.7 Å². The summed E-state index contributed by atoms with van der Waals surface area (Å²) in [6.45, 7) is 0. The van der Waals surface area contributed by atoms with Crippen LogP contribution in [0.15, 0.2) is 57.7 Å². The van der Waals surface area contributed by atoms with Crippen LogP contribution in [-0.4, -0.2) is 11.0 Å². The van der Waals surface area contributed by atoms with E-state index in [1.165, 1.54) is 24.3 Å². The van der Waals surface area contributed by atoms with Crippen LogP contribution in [0.4, 0.5) is 5.69 Å². The Balaban J connectivity index is 2.00. The minimum Gasteiger partial charge on any atom is -0.506 e. The first-order valence-electron chi connectivity index (χ1n) is 6.37. The van der Waals surface area contributed by atoms with Gasteiger partial charge in [0.15, 0.2) is 0 Å². The highest BCUT2D eigenvalue weighted by Gasteiger charge is 2.15. The Morgan fingerprint density at radius 2 is 1.91 bits per heavy atom. The molecule has 0 bridgehead atoms. The van der Waals surface area contributed by atoms with Gasteiger partial charge in [-0.05, 0) is 30.3 Å². The number of anilines is 1. The highest BCUT2D eigenvalue weighted by Crippen LogP contribution is 2.27. The molecule has 1 aromatic heterocycles. The van der Waals surface area contributed by atoms with Crippen LogP contribution in [0.25, 0.3) is 11.0 Å². The van der Waals surface area contributed by atoms with Gasteiger partial charge in [-0.2, -0.15) is 0 Å². The van der Waals surface area contributed by atoms with E-state index < -0.39 is 11.5 Å². The summed E-state index contributed by atoms with van der Waals surface area (Å²) in [5, 5.41) is 13.1. The third-order valence-corrected chi connectivity index (χ3v) is 3.33. The van der Waals surface area contributed by atoms with Gasteiger partial charge in [0.05, 0.1) is 5.69 Å². The van der Waals surface area contributed by atoms with Crippen molar-refractivity contribution in [3.63, 3.8) is 0 Å². The molecular weight excluding hydrogens is 306 g/mol. The fourth-order valence-electron chi connectivity index (χ4n) is 2.02. The molecule has 0 radical (unpaired) electrons. The lowest BCUT2D eigenvalue weighted by atomic mass is 10.1. The summed E-state index contributed by atoms with van der Waals surface area (Å²) in [6.07, 6.45) is 0. The van der Waals surface area contributed by atoms with Crippen molar-refractivity contribution in [2.24, 2.45) is 0 Å². The monoisotopic (exact) mass is 315 g/mol. The molecule has 0 fully saturated rings. The fraction of sp³-hybridized carbons (Fsp3) is 0. The predicted octanol–water partition coefficient (Wildman–Crippen LogP) is 3.40. The molecule has 0 saturated heterocycles. The van der Waals surface area contributed by atoms with E-state index in [-0.39, 0.29) is 17.0 Å². The molecule has 0 saturated carbocycles. The first-order chi connectivity index (χ1) is 10.5. The van der Waals surface area contributed by atoms with Gasteiger partial charge in [-0.3, -0.25) is 4.79 Å². The molecule has 0 atom stereocenters. The van der Waals surface area contributed by atoms with Gasteiger partial charge in [-0.15, -0.1) is 0 Å². The van der Waals surface area contributed by atoms with E-state index in [1.54, 1.807) is 24.3 Å². The number of carbonyl (C=O) groups is 1. The summed E-state index contributed by atoms with van der Waals surface area (Å²) in [4.78, 5) is 24.1. The highest BCUT2D eigenvalue weighted by molar-refractivity contribution is 6.31. The molecule has 3 aromatic rings. The molecule has 110 valence electrons. The average molecular weight is 316 g/mol. The number of nitrogens with one attached hydrogen (secondary N) is 1. The van der Waals surface area contributed by atoms with Gasteiger partial charge in [0.25, 0.3) is 5.91 Å². The minimum absolute atomic E-state index is 0.116. The van der Waals surface area contributed by atoms with Crippen LogP contribution in [0.2, 0.25) is 5.02 Å². The number of halogens is 1. The first-order valence-corrected chi connectivity index (χ1v) is 6.75. The van der Waals surface area contributed by atoms with E-state index in [1.807, 2.05) is 0 Å². The minimum atomic E-state index is -0.752. The van der Waals surface area contributed by atoms with Gasteiger partial charge in [0, 0.05) is 10.4 Å². The Morgan fingerprint density at radius 1 is 1.14 bits per heavy atom. The highest BCUT2D eigenvalue weighted by atomic mass is 35.5. The Kier molecular flexibility index (Phi) is 3.56. The van der Waals surface area contributed by atoms with Crippen molar-refractivity contribution in [2.45, 2.75) is 0 Å². The van der Waals surface area contributed by atoms with Crippen molar-refractivity contribution >= 4 is 34.2 Å². The molecule has 0 aliphatic heterocycles. The number of benzene rings is 2. The number of carbonyl (C=O) groups excluding carboxylic acids is 1. The third-order valence-electron chi connectivity index (χ3n) is 3.09. The molecule has 1 amide bonds. The Labute approximate surface area is 129 Å². The first kappa shape index (κ1) is 14.2. The largest absolute Gasteiger partial charge is 0.506 e. The molecule has 0 aliphatic rings. The average Bonchev–Trinajstić information content (AvgIpc) is 2.50. The number of hydrogen-bond acceptors (Lipinski definition) is 4. The second kappa shape index (κ2) is 5.54. The Hall–Kier alpha value is -2.79. The molecule has 2 N–H and O–H groups in total. The lowest BCUT2D eigenvalue weighted by Crippen LogP contribution is -2.20. The Bertz CT molecular complexity index is 933. The van der Waals surface area contributed by atoms with Crippen LogP contribution in [-0.2, 0) is 0 Å². The van der Waals surface area contributed by atoms with Crippen LogP contribution < -0.4 is 10.9 Å². The standard InChI is InChI=1S/C16H10ClNO4/c17-10-5-6-13(19)12(8-10)18-15(20)11-7-9-3-1-2-4-14(9)22-16(11)21/h1-8,19H,(H,18,20). The van der Waals surface area contributed by atoms with Crippen LogP contribution in [0, 0.1) is 0 Å². The molecule has 3 rings (SSSR count). The van der Waals surface area contributed by atoms with Gasteiger partial charge in [-0.1, -0.05) is 29.8 Å². The summed E-state index contributed by atoms with van der Waals surface area (Å²) in [5.41, 5.74) is -0.393. The zero-order chi connectivity index (χ0) is 15.7. The van der Waals surface area contributed by atoms with Crippen LogP contribution in [0.1, 0.15) is 10.4 Å². The molecule has 22 heavy (non-hydrogen) atoms. The summed E-state index contributed by atoms with van der Waals surface area (Å²) in [7, 11) is 0. The quantitative estimate of drug-likeness (QED) is 0.561. The van der Waals surface area contributed by atoms with E-state index in [0.29, 0.717) is 16.0 Å². The maximum Gasteiger partial charge on any atom is 0.349 e. The summed E-state index contributed by atoms with van der Waals surface area (Å²) in [6, 6.07) is 12.5. The molecule has 2 aromatic carbocycles. The van der Waals surface area contributed by atoms with E-state index in [2.05, 4.69) is 5.32 Å². The van der Waals surface area contributed by atoms with E-state index in [4.69, 9.17) is 16.0 Å². The second-order valence-corrected chi connectivity index (χ2v) is 5.04. The van der Waals surface area contributed by atoms with Crippen LogP contribution in [0.5, 0.6) is 5.75 Å². The van der Waals surface area contributed by atoms with Crippen molar-refractivity contribution in [1.29, 1.82) is 0 Å². The lowest BCUT2D eigenvalue weighted by Gasteiger charge is -2.07. The molecule has 1 heterocycles. The summed E-state index contributed by atoms with van der Waals surface area (Å²) >= 11 is 5.81. The summed E-state index contributed by atoms with van der Waals surface area (Å²) < 4.78 is 5.10. The number of para-hydroxylation sites is 1. The van der Waals surface area contributed by atoms with Crippen LogP contribution >= 0.6 is 11.6 Å². The molecule has 5 nitrogen and oxygen atoms in total.